The highest BCUT2D eigenvalue weighted by atomic mass is 31.2. The van der Waals surface area contributed by atoms with E-state index in [1.807, 2.05) is 0 Å². The summed E-state index contributed by atoms with van der Waals surface area (Å²) in [5.41, 5.74) is 0.102. The van der Waals surface area contributed by atoms with Gasteiger partial charge in [-0.2, -0.15) is 4.57 Å². The van der Waals surface area contributed by atoms with Crippen LogP contribution in [0.15, 0.2) is 34.0 Å². The maximum Gasteiger partial charge on any atom is 0.646 e. The molecule has 0 saturated heterocycles. The molecule has 0 fully saturated rings. The van der Waals surface area contributed by atoms with Gasteiger partial charge in [0, 0.05) is 0 Å². The summed E-state index contributed by atoms with van der Waals surface area (Å²) in [6.07, 6.45) is 0. The molecule has 32 heavy (non-hydrogen) atoms. The van der Waals surface area contributed by atoms with Crippen molar-refractivity contribution in [3.8, 4) is 0 Å². The Bertz CT molecular complexity index is 741. The van der Waals surface area contributed by atoms with Crippen LogP contribution in [0.2, 0.25) is 0 Å². The Balaban J connectivity index is 6.21. The lowest BCUT2D eigenvalue weighted by Crippen LogP contribution is -2.11. The van der Waals surface area contributed by atoms with Crippen LogP contribution in [-0.4, -0.2) is 37.7 Å². The number of ether oxygens (including phenoxy) is 3. The van der Waals surface area contributed by atoms with Crippen LogP contribution in [0.25, 0.3) is 0 Å². The van der Waals surface area contributed by atoms with Crippen LogP contribution in [-0.2, 0) is 46.7 Å². The summed E-state index contributed by atoms with van der Waals surface area (Å²) in [5, 5.41) is 0. The van der Waals surface area contributed by atoms with Crippen LogP contribution in [0.1, 0.15) is 62.3 Å². The van der Waals surface area contributed by atoms with Crippen molar-refractivity contribution in [3.05, 3.63) is 34.0 Å². The highest BCUT2D eigenvalue weighted by Crippen LogP contribution is 2.55. The minimum absolute atomic E-state index is 0.0340. The Morgan fingerprint density at radius 3 is 0.938 bits per heavy atom. The minimum atomic E-state index is -4.52. The molecule has 0 aromatic rings. The highest BCUT2D eigenvalue weighted by Gasteiger charge is 2.36. The van der Waals surface area contributed by atoms with Gasteiger partial charge >= 0.3 is 25.7 Å². The zero-order chi connectivity index (χ0) is 25.1. The Labute approximate surface area is 189 Å². The molecular weight excluding hydrogens is 443 g/mol. The van der Waals surface area contributed by atoms with E-state index < -0.39 is 25.7 Å². The van der Waals surface area contributed by atoms with Crippen molar-refractivity contribution in [3.63, 3.8) is 0 Å². The SMILES string of the molecule is CCOC(=O)/C(C)=C(/C)OP(=O)(O/C(C)=C(/C)C(=O)OCC)O/C(C)=C(/C)C(=O)OCC. The second kappa shape index (κ2) is 13.6. The lowest BCUT2D eigenvalue weighted by Gasteiger charge is -2.22. The fourth-order valence-electron chi connectivity index (χ4n) is 1.91. The maximum absolute atomic E-state index is 13.5. The van der Waals surface area contributed by atoms with Crippen molar-refractivity contribution in [1.82, 2.24) is 0 Å². The molecule has 0 rings (SSSR count). The molecule has 0 N–H and O–H groups in total. The predicted octanol–water partition coefficient (Wildman–Crippen LogP) is 4.72. The molecule has 0 aromatic carbocycles. The first-order chi connectivity index (χ1) is 14.8. The third-order valence-electron chi connectivity index (χ3n) is 4.08. The lowest BCUT2D eigenvalue weighted by atomic mass is 10.3. The van der Waals surface area contributed by atoms with Gasteiger partial charge in [-0.05, 0) is 62.3 Å². The molecule has 10 nitrogen and oxygen atoms in total. The number of hydrogen-bond donors (Lipinski definition) is 0. The third-order valence-corrected chi connectivity index (χ3v) is 5.57. The normalized spacial score (nSPS) is 13.7. The molecule has 0 spiro atoms. The molecule has 0 aliphatic rings. The molecule has 0 heterocycles. The molecule has 11 heteroatoms. The van der Waals surface area contributed by atoms with E-state index in [1.165, 1.54) is 41.5 Å². The van der Waals surface area contributed by atoms with Crippen molar-refractivity contribution in [2.75, 3.05) is 19.8 Å². The monoisotopic (exact) mass is 476 g/mol. The van der Waals surface area contributed by atoms with Crippen LogP contribution >= 0.6 is 7.82 Å². The van der Waals surface area contributed by atoms with Gasteiger partial charge in [-0.3, -0.25) is 0 Å². The Morgan fingerprint density at radius 2 is 0.750 bits per heavy atom. The zero-order valence-electron chi connectivity index (χ0n) is 20.2. The number of esters is 3. The van der Waals surface area contributed by atoms with Crippen molar-refractivity contribution in [2.24, 2.45) is 0 Å². The van der Waals surface area contributed by atoms with E-state index in [2.05, 4.69) is 0 Å². The number of rotatable bonds is 12. The van der Waals surface area contributed by atoms with Crippen LogP contribution in [0.3, 0.4) is 0 Å². The van der Waals surface area contributed by atoms with Crippen molar-refractivity contribution < 1.29 is 46.7 Å². The summed E-state index contributed by atoms with van der Waals surface area (Å²) in [7, 11) is -4.52. The maximum atomic E-state index is 13.5. The van der Waals surface area contributed by atoms with Crippen LogP contribution in [0.5, 0.6) is 0 Å². The molecule has 0 bridgehead atoms. The van der Waals surface area contributed by atoms with Crippen molar-refractivity contribution >= 4 is 25.7 Å². The molecule has 0 saturated carbocycles. The largest absolute Gasteiger partial charge is 0.646 e. The average molecular weight is 476 g/mol. The van der Waals surface area contributed by atoms with Gasteiger partial charge in [-0.25, -0.2) is 14.4 Å². The Kier molecular flexibility index (Phi) is 12.5. The molecule has 0 aromatic heterocycles. The van der Waals surface area contributed by atoms with Gasteiger partial charge in [0.2, 0.25) is 0 Å². The lowest BCUT2D eigenvalue weighted by molar-refractivity contribution is -0.139. The molecular formula is C21H33O10P. The predicted molar refractivity (Wildman–Crippen MR) is 116 cm³/mol. The highest BCUT2D eigenvalue weighted by molar-refractivity contribution is 7.48. The molecule has 0 unspecified atom stereocenters. The van der Waals surface area contributed by atoms with Gasteiger partial charge in [0.05, 0.1) is 36.5 Å². The van der Waals surface area contributed by atoms with Gasteiger partial charge in [0.25, 0.3) is 0 Å². The Morgan fingerprint density at radius 1 is 0.531 bits per heavy atom. The van der Waals surface area contributed by atoms with Gasteiger partial charge in [0.1, 0.15) is 17.3 Å². The average Bonchev–Trinajstić information content (AvgIpc) is 2.71. The van der Waals surface area contributed by atoms with Crippen molar-refractivity contribution in [1.29, 1.82) is 0 Å². The summed E-state index contributed by atoms with van der Waals surface area (Å²) >= 11 is 0. The number of allylic oxidation sites excluding steroid dienone is 3. The number of carbonyl (C=O) groups is 3. The third kappa shape index (κ3) is 9.18. The van der Waals surface area contributed by atoms with Crippen LogP contribution < -0.4 is 0 Å². The molecule has 0 atom stereocenters. The zero-order valence-corrected chi connectivity index (χ0v) is 21.0. The van der Waals surface area contributed by atoms with Crippen LogP contribution in [0.4, 0.5) is 0 Å². The van der Waals surface area contributed by atoms with E-state index >= 15 is 0 Å². The molecule has 0 radical (unpaired) electrons. The molecule has 0 aliphatic heterocycles. The summed E-state index contributed by atoms with van der Waals surface area (Å²) < 4.78 is 44.4. The summed E-state index contributed by atoms with van der Waals surface area (Å²) in [5.74, 6) is -2.30. The summed E-state index contributed by atoms with van der Waals surface area (Å²) in [6.45, 7) is 13.7. The molecule has 0 aliphatic carbocycles. The minimum Gasteiger partial charge on any atom is -0.463 e. The second-order valence-corrected chi connectivity index (χ2v) is 7.87. The first kappa shape index (κ1) is 29.3. The van der Waals surface area contributed by atoms with Gasteiger partial charge in [-0.1, -0.05) is 0 Å². The van der Waals surface area contributed by atoms with Gasteiger partial charge < -0.3 is 27.8 Å². The topological polar surface area (TPSA) is 124 Å². The van der Waals surface area contributed by atoms with E-state index in [9.17, 15) is 18.9 Å². The van der Waals surface area contributed by atoms with E-state index in [-0.39, 0.29) is 53.8 Å². The van der Waals surface area contributed by atoms with E-state index in [1.54, 1.807) is 20.8 Å². The number of carbonyl (C=O) groups excluding carboxylic acids is 3. The first-order valence-electron chi connectivity index (χ1n) is 10.1. The summed E-state index contributed by atoms with van der Waals surface area (Å²) in [4.78, 5) is 35.9. The quantitative estimate of drug-likeness (QED) is 0.128. The first-order valence-corrected chi connectivity index (χ1v) is 11.5. The second-order valence-electron chi connectivity index (χ2n) is 6.43. The smallest absolute Gasteiger partial charge is 0.463 e. The molecule has 0 amide bonds. The van der Waals surface area contributed by atoms with E-state index in [0.29, 0.717) is 0 Å². The number of hydrogen-bond acceptors (Lipinski definition) is 10. The fraction of sp³-hybridized carbons (Fsp3) is 0.571. The number of phosphoric ester groups is 1. The Hall–Kier alpha value is -2.74. The van der Waals surface area contributed by atoms with E-state index in [0.717, 1.165) is 0 Å². The molecule has 182 valence electrons. The van der Waals surface area contributed by atoms with Gasteiger partial charge in [0.15, 0.2) is 0 Å². The number of phosphoric acid groups is 1. The van der Waals surface area contributed by atoms with E-state index in [4.69, 9.17) is 27.8 Å². The fourth-order valence-corrected chi connectivity index (χ4v) is 3.44. The van der Waals surface area contributed by atoms with Crippen LogP contribution in [0, 0.1) is 0 Å². The van der Waals surface area contributed by atoms with Gasteiger partial charge in [-0.15, -0.1) is 0 Å². The van der Waals surface area contributed by atoms with Crippen molar-refractivity contribution in [2.45, 2.75) is 62.3 Å². The summed E-state index contributed by atoms with van der Waals surface area (Å²) in [6, 6.07) is 0. The standard InChI is InChI=1S/C21H33O10P/c1-10-26-19(22)13(4)16(7)29-32(25,30-17(8)14(5)20(23)27-11-2)31-18(9)15(6)21(24)28-12-3/h10-12H2,1-9H3/b16-13-,17-14-,18-15-.